The topological polar surface area (TPSA) is 423 Å². The average Bonchev–Trinajstić information content (AvgIpc) is 3.91. The quantitative estimate of drug-likeness (QED) is 0.0407. The number of nitrogens with one attached hydrogen (secondary N) is 8. The number of aromatic amines is 1. The van der Waals surface area contributed by atoms with Crippen LogP contribution in [0.1, 0.15) is 173 Å². The van der Waals surface area contributed by atoms with Gasteiger partial charge in [0.15, 0.2) is 5.82 Å². The van der Waals surface area contributed by atoms with E-state index >= 15 is 0 Å². The molecule has 0 radical (unpaired) electrons. The van der Waals surface area contributed by atoms with E-state index in [1.165, 1.54) is 45.4 Å². The van der Waals surface area contributed by atoms with Gasteiger partial charge in [0.2, 0.25) is 45.5 Å². The summed E-state index contributed by atoms with van der Waals surface area (Å²) in [5.41, 5.74) is 0. The van der Waals surface area contributed by atoms with Crippen LogP contribution in [0.3, 0.4) is 0 Å². The lowest BCUT2D eigenvalue weighted by atomic mass is 10.0. The number of H-pyrrole nitrogens is 1. The molecule has 0 fully saturated rings. The zero-order chi connectivity index (χ0) is 58.7. The first kappa shape index (κ1) is 70.8. The van der Waals surface area contributed by atoms with Crippen LogP contribution >= 0.6 is 0 Å². The molecular weight excluding hydrogens is 1060 g/mol. The van der Waals surface area contributed by atoms with E-state index in [1.54, 1.807) is 7.05 Å². The fourth-order valence-electron chi connectivity index (χ4n) is 7.94. The van der Waals surface area contributed by atoms with Crippen LogP contribution in [0.2, 0.25) is 0 Å². The van der Waals surface area contributed by atoms with Gasteiger partial charge in [0.1, 0.15) is 30.5 Å². The first-order valence-corrected chi connectivity index (χ1v) is 29.1. The molecule has 0 spiro atoms. The summed E-state index contributed by atoms with van der Waals surface area (Å²) in [5.74, 6) is -7.97. The Morgan fingerprint density at radius 1 is 0.506 bits per heavy atom. The van der Waals surface area contributed by atoms with Gasteiger partial charge in [-0.3, -0.25) is 38.3 Å². The van der Waals surface area contributed by atoms with E-state index in [9.17, 15) is 71.7 Å². The number of rotatable bonds is 51. The van der Waals surface area contributed by atoms with Gasteiger partial charge in [-0.15, -0.1) is 10.2 Å². The molecule has 29 heteroatoms. The molecule has 79 heavy (non-hydrogen) atoms. The Morgan fingerprint density at radius 2 is 0.975 bits per heavy atom. The number of ether oxygens (including phenoxy) is 2. The van der Waals surface area contributed by atoms with Gasteiger partial charge in [0.05, 0.1) is 31.6 Å². The van der Waals surface area contributed by atoms with Gasteiger partial charge < -0.3 is 56.7 Å². The molecule has 0 aliphatic rings. The molecule has 1 rings (SSSR count). The van der Waals surface area contributed by atoms with E-state index in [1.807, 2.05) is 4.72 Å². The van der Waals surface area contributed by atoms with Crippen LogP contribution in [0.25, 0.3) is 0 Å². The lowest BCUT2D eigenvalue weighted by Gasteiger charge is -2.17. The van der Waals surface area contributed by atoms with Gasteiger partial charge in [0, 0.05) is 51.6 Å². The number of tetrazole rings is 1. The number of hydrogen-bond donors (Lipinski definition) is 11. The van der Waals surface area contributed by atoms with Crippen molar-refractivity contribution in [1.29, 1.82) is 0 Å². The molecule has 4 atom stereocenters. The number of aryl methyl sites for hydroxylation is 1. The van der Waals surface area contributed by atoms with E-state index in [0.29, 0.717) is 32.2 Å². The van der Waals surface area contributed by atoms with Crippen LogP contribution < -0.4 is 36.6 Å². The zero-order valence-corrected chi connectivity index (χ0v) is 46.8. The Morgan fingerprint density at radius 3 is 1.48 bits per heavy atom. The second-order valence-electron chi connectivity index (χ2n) is 19.2. The van der Waals surface area contributed by atoms with Crippen LogP contribution in [-0.2, 0) is 73.9 Å². The zero-order valence-electron chi connectivity index (χ0n) is 46.0. The summed E-state index contributed by atoms with van der Waals surface area (Å²) >= 11 is 0. The molecule has 450 valence electrons. The van der Waals surface area contributed by atoms with Crippen molar-refractivity contribution in [2.24, 2.45) is 0 Å². The van der Waals surface area contributed by atoms with Gasteiger partial charge in [0.25, 0.3) is 0 Å². The van der Waals surface area contributed by atoms with E-state index in [4.69, 9.17) is 9.47 Å². The van der Waals surface area contributed by atoms with E-state index in [0.717, 1.165) is 50.8 Å². The van der Waals surface area contributed by atoms with Gasteiger partial charge in [-0.2, -0.15) is 5.21 Å². The number of carboxylic acid groups (broad SMARTS) is 3. The number of likely N-dealkylation sites (N-methyl/N-ethyl adjacent to an activating group) is 1. The number of amides is 6. The third-order valence-corrected chi connectivity index (χ3v) is 13.8. The van der Waals surface area contributed by atoms with Gasteiger partial charge in [-0.05, 0) is 71.8 Å². The number of Topliss-reactive ketones (excluding diaryl/α,β-unsaturated/α-hetero) is 1. The Bertz CT molecular complexity index is 2100. The predicted octanol–water partition coefficient (Wildman–Crippen LogP) is 1.09. The molecule has 0 aliphatic heterocycles. The molecule has 0 aliphatic carbocycles. The van der Waals surface area contributed by atoms with E-state index < -0.39 is 100 Å². The van der Waals surface area contributed by atoms with Crippen LogP contribution in [0.15, 0.2) is 0 Å². The number of carboxylic acids is 3. The average molecular weight is 1150 g/mol. The Kier molecular flexibility index (Phi) is 39.1. The number of hydrogen-bond acceptors (Lipinski definition) is 18. The molecule has 1 heterocycles. The maximum Gasteiger partial charge on any atom is 0.326 e. The van der Waals surface area contributed by atoms with Crippen molar-refractivity contribution in [3.8, 4) is 0 Å². The second kappa shape index (κ2) is 43.7. The predicted molar refractivity (Wildman–Crippen MR) is 285 cm³/mol. The summed E-state index contributed by atoms with van der Waals surface area (Å²) in [6.07, 6.45) is 14.4. The van der Waals surface area contributed by atoms with Crippen molar-refractivity contribution in [3.63, 3.8) is 0 Å². The lowest BCUT2D eigenvalue weighted by Crippen LogP contribution is -2.45. The van der Waals surface area contributed by atoms with Gasteiger partial charge >= 0.3 is 17.9 Å². The van der Waals surface area contributed by atoms with Crippen LogP contribution in [0.5, 0.6) is 0 Å². The number of sulfonamides is 1. The maximum atomic E-state index is 12.5. The third kappa shape index (κ3) is 38.9. The number of nitrogens with zero attached hydrogens (tertiary/aromatic N) is 3. The molecule has 1 aromatic rings. The number of carbonyl (C=O) groups is 10. The minimum atomic E-state index is -4.01. The molecule has 28 nitrogen and oxygen atoms in total. The summed E-state index contributed by atoms with van der Waals surface area (Å²) in [4.78, 5) is 121. The molecule has 6 amide bonds. The molecule has 0 bridgehead atoms. The Balaban J connectivity index is 2.16. The second-order valence-corrected chi connectivity index (χ2v) is 21.0. The number of aliphatic carboxylic acids is 3. The minimum Gasteiger partial charge on any atom is -0.480 e. The number of ketones is 1. The normalized spacial score (nSPS) is 12.8. The molecule has 0 saturated carbocycles. The minimum absolute atomic E-state index is 0.000805. The first-order valence-electron chi connectivity index (χ1n) is 27.4. The highest BCUT2D eigenvalue weighted by Gasteiger charge is 2.26. The Hall–Kier alpha value is -6.20. The largest absolute Gasteiger partial charge is 0.480 e. The van der Waals surface area contributed by atoms with Gasteiger partial charge in [-0.1, -0.05) is 75.8 Å². The highest BCUT2D eigenvalue weighted by molar-refractivity contribution is 7.90. The van der Waals surface area contributed by atoms with Crippen molar-refractivity contribution in [2.75, 3.05) is 52.3 Å². The highest BCUT2D eigenvalue weighted by Crippen LogP contribution is 2.14. The summed E-state index contributed by atoms with van der Waals surface area (Å²) in [6.45, 7) is 1.11. The summed E-state index contributed by atoms with van der Waals surface area (Å²) in [6, 6.07) is -4.63. The molecule has 1 aromatic heterocycles. The van der Waals surface area contributed by atoms with E-state index in [2.05, 4.69) is 52.5 Å². The van der Waals surface area contributed by atoms with Crippen molar-refractivity contribution < 1.29 is 81.2 Å². The van der Waals surface area contributed by atoms with Crippen molar-refractivity contribution in [3.05, 3.63) is 5.82 Å². The number of aromatic nitrogens is 4. The number of unbranched alkanes of at least 4 members (excludes halogenated alkanes) is 13. The number of carbonyl (C=O) groups excluding carboxylic acids is 7. The molecular formula is C50H87N11O17S. The molecule has 0 saturated heterocycles. The maximum absolute atomic E-state index is 12.5. The van der Waals surface area contributed by atoms with Crippen molar-refractivity contribution >= 4 is 69.2 Å². The van der Waals surface area contributed by atoms with Crippen LogP contribution in [-0.4, -0.2) is 180 Å². The lowest BCUT2D eigenvalue weighted by molar-refractivity contribution is -0.144. The Labute approximate surface area is 462 Å². The van der Waals surface area contributed by atoms with Crippen molar-refractivity contribution in [1.82, 2.24) is 57.2 Å². The van der Waals surface area contributed by atoms with Gasteiger partial charge in [-0.25, -0.2) is 22.8 Å². The molecule has 0 unspecified atom stereocenters. The van der Waals surface area contributed by atoms with Crippen LogP contribution in [0, 0.1) is 0 Å². The standard InChI is InChI=1S/C50H87N11O17S/c1-36(62)37(51-2)19-16-17-29-52-42(63)26-23-39(49(71)72)55-45(66)28-25-40(50(73)74)56-47(68)35-78-33-32-77-31-30-53-43(64)27-24-38(48(69)70)54-44(65)22-18-34-79(75,76)59-46(67)21-15-13-11-9-7-5-3-4-6-8-10-12-14-20-41-57-60-61-58-41/h37-40,51H,3-35H2,1-2H3,(H,52,63)(H,53,64)(H,54,65)(H,55,66)(H,56,68)(H,59,67)(H,69,70)(H,71,72)(H,73,74)(H,57,58,60,61)/t37-,38-,39-,40-/m0/s1. The summed E-state index contributed by atoms with van der Waals surface area (Å²) in [5, 5.41) is 57.4. The SMILES string of the molecule is CN[C@@H](CCCCNC(=O)CC[C@H](NC(=O)CC[C@H](NC(=O)COCCOCCNC(=O)CC[C@H](NC(=O)CCCS(=O)(=O)NC(=O)CCCCCCCCCCCCCCCc1nn[nH]n1)C(=O)O)C(=O)O)C(=O)O)C(C)=O. The monoisotopic (exact) mass is 1150 g/mol. The molecule has 0 aromatic carbocycles. The fraction of sp³-hybridized carbons (Fsp3) is 0.780. The fourth-order valence-corrected chi connectivity index (χ4v) is 9.02. The molecule has 11 N–H and O–H groups in total. The first-order chi connectivity index (χ1) is 37.7. The van der Waals surface area contributed by atoms with Crippen molar-refractivity contribution in [2.45, 2.75) is 198 Å². The smallest absolute Gasteiger partial charge is 0.326 e. The van der Waals surface area contributed by atoms with E-state index in [-0.39, 0.29) is 89.6 Å². The third-order valence-electron chi connectivity index (χ3n) is 12.4. The highest BCUT2D eigenvalue weighted by atomic mass is 32.2. The van der Waals surface area contributed by atoms with Crippen LogP contribution in [0.4, 0.5) is 0 Å². The summed E-state index contributed by atoms with van der Waals surface area (Å²) in [7, 11) is -2.33. The summed E-state index contributed by atoms with van der Waals surface area (Å²) < 4.78 is 37.4.